The number of esters is 1. The molecule has 0 aliphatic carbocycles. The molecule has 1 heterocycles. The first kappa shape index (κ1) is 24.0. The van der Waals surface area contributed by atoms with E-state index in [2.05, 4.69) is 4.98 Å². The minimum Gasteiger partial charge on any atom is -0.506 e. The first-order valence-electron chi connectivity index (χ1n) is 11.3. The Balaban J connectivity index is 1.97. The van der Waals surface area contributed by atoms with E-state index in [0.717, 1.165) is 33.4 Å². The van der Waals surface area contributed by atoms with Gasteiger partial charge in [-0.3, -0.25) is 0 Å². The van der Waals surface area contributed by atoms with E-state index in [1.807, 2.05) is 59.7 Å². The second kappa shape index (κ2) is 9.22. The van der Waals surface area contributed by atoms with E-state index >= 15 is 0 Å². The standard InChI is InChI=1S/C29H27NO5/c1-15-13-17(3)27(18(4)14-15)35-28(32)24(26(31)21-12-11-16(2)19(5)20(21)6)25-29(33)34-23-10-8-7-9-22(23)30-25/h7-14,31H,1-6H3/b26-24+. The van der Waals surface area contributed by atoms with Crippen LogP contribution in [0, 0.1) is 41.5 Å². The third kappa shape index (κ3) is 4.47. The van der Waals surface area contributed by atoms with Gasteiger partial charge in [0.25, 0.3) is 0 Å². The lowest BCUT2D eigenvalue weighted by atomic mass is 9.95. The van der Waals surface area contributed by atoms with Crippen LogP contribution in [0.2, 0.25) is 0 Å². The lowest BCUT2D eigenvalue weighted by molar-refractivity contribution is -0.128. The lowest BCUT2D eigenvalue weighted by Gasteiger charge is -2.16. The molecule has 0 amide bonds. The molecule has 0 atom stereocenters. The van der Waals surface area contributed by atoms with Gasteiger partial charge in [-0.2, -0.15) is 0 Å². The highest BCUT2D eigenvalue weighted by molar-refractivity contribution is 6.23. The van der Waals surface area contributed by atoms with Gasteiger partial charge >= 0.3 is 11.6 Å². The molecule has 1 N–H and O–H groups in total. The fourth-order valence-corrected chi connectivity index (χ4v) is 4.23. The molecule has 35 heavy (non-hydrogen) atoms. The summed E-state index contributed by atoms with van der Waals surface area (Å²) in [6.45, 7) is 11.4. The van der Waals surface area contributed by atoms with Crippen molar-refractivity contribution in [2.75, 3.05) is 0 Å². The molecule has 0 saturated carbocycles. The van der Waals surface area contributed by atoms with Crippen LogP contribution in [0.5, 0.6) is 5.75 Å². The van der Waals surface area contributed by atoms with E-state index in [0.29, 0.717) is 16.8 Å². The van der Waals surface area contributed by atoms with Gasteiger partial charge in [0.05, 0.1) is 0 Å². The van der Waals surface area contributed by atoms with Gasteiger partial charge in [-0.05, 0) is 81.5 Å². The summed E-state index contributed by atoms with van der Waals surface area (Å²) in [5.41, 5.74) is 4.88. The van der Waals surface area contributed by atoms with Gasteiger partial charge in [0.2, 0.25) is 0 Å². The average molecular weight is 470 g/mol. The molecule has 0 bridgehead atoms. The van der Waals surface area contributed by atoms with E-state index < -0.39 is 17.4 Å². The summed E-state index contributed by atoms with van der Waals surface area (Å²) in [5.74, 6) is -0.925. The summed E-state index contributed by atoms with van der Waals surface area (Å²) in [5, 5.41) is 11.4. The Labute approximate surface area is 203 Å². The average Bonchev–Trinajstić information content (AvgIpc) is 2.80. The molecule has 0 saturated heterocycles. The van der Waals surface area contributed by atoms with Crippen LogP contribution in [0.3, 0.4) is 0 Å². The second-order valence-electron chi connectivity index (χ2n) is 8.84. The van der Waals surface area contributed by atoms with Gasteiger partial charge in [0.15, 0.2) is 11.3 Å². The second-order valence-corrected chi connectivity index (χ2v) is 8.84. The van der Waals surface area contributed by atoms with Crippen molar-refractivity contribution < 1.29 is 19.1 Å². The number of carbonyl (C=O) groups is 1. The summed E-state index contributed by atoms with van der Waals surface area (Å²) in [6.07, 6.45) is 0. The number of aliphatic hydroxyl groups excluding tert-OH is 1. The molecule has 4 aromatic rings. The minimum atomic E-state index is -0.898. The Kier molecular flexibility index (Phi) is 6.31. The Bertz CT molecular complexity index is 1550. The summed E-state index contributed by atoms with van der Waals surface area (Å²) in [4.78, 5) is 31.0. The number of rotatable bonds is 4. The SMILES string of the molecule is Cc1cc(C)c(OC(=O)/C(=C(/O)c2ccc(C)c(C)c2C)c2nc3ccccc3oc2=O)c(C)c1. The van der Waals surface area contributed by atoms with Crippen LogP contribution >= 0.6 is 0 Å². The molecule has 0 unspecified atom stereocenters. The molecule has 0 aliphatic rings. The highest BCUT2D eigenvalue weighted by atomic mass is 16.5. The molecule has 178 valence electrons. The van der Waals surface area contributed by atoms with Crippen molar-refractivity contribution in [3.05, 3.63) is 104 Å². The van der Waals surface area contributed by atoms with Crippen molar-refractivity contribution in [1.29, 1.82) is 0 Å². The number of aromatic nitrogens is 1. The minimum absolute atomic E-state index is 0.279. The number of benzene rings is 3. The number of nitrogens with zero attached hydrogens (tertiary/aromatic N) is 1. The van der Waals surface area contributed by atoms with Crippen molar-refractivity contribution in [2.24, 2.45) is 0 Å². The quantitative estimate of drug-likeness (QED) is 0.169. The number of aryl methyl sites for hydroxylation is 4. The molecule has 0 spiro atoms. The fourth-order valence-electron chi connectivity index (χ4n) is 4.23. The maximum absolute atomic E-state index is 13.6. The van der Waals surface area contributed by atoms with E-state index in [1.165, 1.54) is 0 Å². The van der Waals surface area contributed by atoms with E-state index in [4.69, 9.17) is 9.15 Å². The summed E-state index contributed by atoms with van der Waals surface area (Å²) in [7, 11) is 0. The van der Waals surface area contributed by atoms with Crippen LogP contribution in [-0.2, 0) is 4.79 Å². The van der Waals surface area contributed by atoms with Crippen molar-refractivity contribution in [2.45, 2.75) is 41.5 Å². The van der Waals surface area contributed by atoms with Crippen LogP contribution in [-0.4, -0.2) is 16.1 Å². The zero-order valence-electron chi connectivity index (χ0n) is 20.6. The first-order valence-corrected chi connectivity index (χ1v) is 11.3. The smallest absolute Gasteiger partial charge is 0.363 e. The Morgan fingerprint density at radius 3 is 2.23 bits per heavy atom. The molecular weight excluding hydrogens is 442 g/mol. The Morgan fingerprint density at radius 2 is 1.54 bits per heavy atom. The van der Waals surface area contributed by atoms with Gasteiger partial charge in [-0.1, -0.05) is 42.0 Å². The summed E-state index contributed by atoms with van der Waals surface area (Å²) >= 11 is 0. The van der Waals surface area contributed by atoms with Crippen molar-refractivity contribution in [1.82, 2.24) is 4.98 Å². The van der Waals surface area contributed by atoms with Crippen LogP contribution < -0.4 is 10.4 Å². The van der Waals surface area contributed by atoms with Crippen molar-refractivity contribution in [3.63, 3.8) is 0 Å². The topological polar surface area (TPSA) is 89.6 Å². The number of para-hydroxylation sites is 2. The van der Waals surface area contributed by atoms with Gasteiger partial charge < -0.3 is 14.3 Å². The summed E-state index contributed by atoms with van der Waals surface area (Å²) in [6, 6.07) is 14.1. The predicted octanol–water partition coefficient (Wildman–Crippen LogP) is 6.07. The van der Waals surface area contributed by atoms with E-state index in [9.17, 15) is 14.7 Å². The van der Waals surface area contributed by atoms with Gasteiger partial charge in [0.1, 0.15) is 22.6 Å². The van der Waals surface area contributed by atoms with Crippen LogP contribution in [0.15, 0.2) is 57.7 Å². The van der Waals surface area contributed by atoms with Crippen molar-refractivity contribution >= 4 is 28.4 Å². The Morgan fingerprint density at radius 1 is 0.886 bits per heavy atom. The molecule has 1 aromatic heterocycles. The molecular formula is C29H27NO5. The zero-order chi connectivity index (χ0) is 25.4. The van der Waals surface area contributed by atoms with Crippen molar-refractivity contribution in [3.8, 4) is 5.75 Å². The predicted molar refractivity (Wildman–Crippen MR) is 137 cm³/mol. The van der Waals surface area contributed by atoms with Crippen LogP contribution in [0.25, 0.3) is 22.4 Å². The first-order chi connectivity index (χ1) is 16.6. The Hall–Kier alpha value is -4.19. The van der Waals surface area contributed by atoms with Gasteiger partial charge in [-0.25, -0.2) is 14.6 Å². The molecule has 4 rings (SSSR count). The maximum Gasteiger partial charge on any atom is 0.363 e. The fraction of sp³-hybridized carbons (Fsp3) is 0.207. The highest BCUT2D eigenvalue weighted by Crippen LogP contribution is 2.31. The van der Waals surface area contributed by atoms with E-state index in [1.54, 1.807) is 30.3 Å². The molecule has 6 heteroatoms. The molecule has 0 aliphatic heterocycles. The largest absolute Gasteiger partial charge is 0.506 e. The van der Waals surface area contributed by atoms with E-state index in [-0.39, 0.29) is 16.9 Å². The third-order valence-electron chi connectivity index (χ3n) is 6.28. The van der Waals surface area contributed by atoms with Gasteiger partial charge in [0, 0.05) is 5.56 Å². The normalized spacial score (nSPS) is 11.9. The maximum atomic E-state index is 13.6. The monoisotopic (exact) mass is 469 g/mol. The number of fused-ring (bicyclic) bond motifs is 1. The lowest BCUT2D eigenvalue weighted by Crippen LogP contribution is -2.20. The molecule has 6 nitrogen and oxygen atoms in total. The number of hydrogen-bond donors (Lipinski definition) is 1. The molecule has 0 radical (unpaired) electrons. The number of ether oxygens (including phenoxy) is 1. The van der Waals surface area contributed by atoms with Crippen LogP contribution in [0.4, 0.5) is 0 Å². The number of aliphatic hydroxyl groups is 1. The summed E-state index contributed by atoms with van der Waals surface area (Å²) < 4.78 is 11.2. The third-order valence-corrected chi connectivity index (χ3v) is 6.28. The zero-order valence-corrected chi connectivity index (χ0v) is 20.6. The van der Waals surface area contributed by atoms with Gasteiger partial charge in [-0.15, -0.1) is 0 Å². The molecule has 3 aromatic carbocycles. The molecule has 0 fully saturated rings. The van der Waals surface area contributed by atoms with Crippen LogP contribution in [0.1, 0.15) is 44.6 Å². The number of hydrogen-bond acceptors (Lipinski definition) is 6. The number of carbonyl (C=O) groups excluding carboxylic acids is 1. The highest BCUT2D eigenvalue weighted by Gasteiger charge is 2.28.